The Morgan fingerprint density at radius 2 is 1.09 bits per heavy atom. The Balaban J connectivity index is 0.000000423. The summed E-state index contributed by atoms with van der Waals surface area (Å²) >= 11 is 8.36. The Morgan fingerprint density at radius 1 is 0.691 bits per heavy atom. The topological polar surface area (TPSA) is 124 Å². The predicted molar refractivity (Wildman–Crippen MR) is 199 cm³/mol. The van der Waals surface area contributed by atoms with Crippen LogP contribution in [0.1, 0.15) is 46.8 Å². The molecule has 0 amide bonds. The number of ether oxygens (including phenoxy) is 2. The van der Waals surface area contributed by atoms with Crippen LogP contribution in [0.25, 0.3) is 0 Å². The molecule has 2 unspecified atom stereocenters. The summed E-state index contributed by atoms with van der Waals surface area (Å²) in [5, 5.41) is 12.1. The second-order valence-electron chi connectivity index (χ2n) is 10.8. The van der Waals surface area contributed by atoms with Gasteiger partial charge in [-0.1, -0.05) is 59.6 Å². The predicted octanol–water partition coefficient (Wildman–Crippen LogP) is 9.90. The molecule has 0 spiro atoms. The fraction of sp³-hybridized carbons (Fsp3) is 0.194. The molecule has 0 bridgehead atoms. The van der Waals surface area contributed by atoms with Gasteiger partial charge in [0.25, 0.3) is 5.78 Å². The Bertz CT molecular complexity index is 1920. The molecule has 19 heteroatoms. The van der Waals surface area contributed by atoms with E-state index in [-0.39, 0.29) is 11.3 Å². The van der Waals surface area contributed by atoms with E-state index in [1.807, 2.05) is 12.1 Å². The van der Waals surface area contributed by atoms with Gasteiger partial charge < -0.3 is 14.6 Å². The fourth-order valence-electron chi connectivity index (χ4n) is 4.61. The van der Waals surface area contributed by atoms with Gasteiger partial charge in [-0.15, -0.1) is 0 Å². The first-order valence-electron chi connectivity index (χ1n) is 15.1. The summed E-state index contributed by atoms with van der Waals surface area (Å²) in [4.78, 5) is 57.0. The molecule has 0 fully saturated rings. The fourth-order valence-corrected chi connectivity index (χ4v) is 4.86. The third-order valence-electron chi connectivity index (χ3n) is 6.80. The van der Waals surface area contributed by atoms with E-state index in [4.69, 9.17) is 60.4 Å². The average Bonchev–Trinajstić information content (AvgIpc) is 3.08. The van der Waals surface area contributed by atoms with Gasteiger partial charge in [0.2, 0.25) is 5.60 Å². The number of aliphatic hydroxyl groups is 1. The molecule has 4 aromatic carbocycles. The third kappa shape index (κ3) is 16.2. The molecular formula is C36H30Cl6F4O8Ti. The Labute approximate surface area is 342 Å². The summed E-state index contributed by atoms with van der Waals surface area (Å²) in [7, 11) is 22.0. The van der Waals surface area contributed by atoms with Gasteiger partial charge in [0.1, 0.15) is 40.4 Å². The molecule has 4 rings (SSSR count). The molecule has 0 heterocycles. The number of hydrogen-bond donors (Lipinski definition) is 1. The van der Waals surface area contributed by atoms with E-state index in [0.29, 0.717) is 16.5 Å². The normalized spacial score (nSPS) is 12.1. The van der Waals surface area contributed by atoms with E-state index < -0.39 is 81.8 Å². The van der Waals surface area contributed by atoms with Crippen LogP contribution >= 0.6 is 60.4 Å². The number of carbonyl (C=O) groups excluding carboxylic acids is 5. The van der Waals surface area contributed by atoms with Crippen molar-refractivity contribution in [1.29, 1.82) is 0 Å². The zero-order chi connectivity index (χ0) is 42.3. The van der Waals surface area contributed by atoms with Crippen LogP contribution < -0.4 is 0 Å². The minimum atomic E-state index is -3.11. The summed E-state index contributed by atoms with van der Waals surface area (Å²) in [6.07, 6.45) is 0.497. The van der Waals surface area contributed by atoms with Crippen LogP contribution in [-0.2, 0) is 53.0 Å². The molecule has 0 aromatic heterocycles. The van der Waals surface area contributed by atoms with Gasteiger partial charge in [-0.25, -0.2) is 27.2 Å². The summed E-state index contributed by atoms with van der Waals surface area (Å²) in [5.41, 5.74) is -3.55. The number of carbonyl (C=O) groups is 5. The molecule has 8 nitrogen and oxygen atoms in total. The van der Waals surface area contributed by atoms with E-state index in [2.05, 4.69) is 9.47 Å². The van der Waals surface area contributed by atoms with Crippen LogP contribution in [0.4, 0.5) is 17.6 Å². The standard InChI is InChI=1S/C18H15ClF2O4.C9H9ClO.C9H6F2O3.4ClH.Ti/c1-10(22)15(11-6-8-12(19)9-7-11)18(24,17(23)25-2)16-13(20)4-3-5-14(16)21;1-7(11)6-8-2-4-9(10)5-3-8;1-14-9(13)8(12)7-5(10)3-2-4-6(7)11;;;;;/h3-9,15,24H,1-2H3;2-5H,6H2,1H3;2-4H,1H3;4*1H;/q;;;;;;;+4/p-4. The van der Waals surface area contributed by atoms with E-state index in [1.54, 1.807) is 19.1 Å². The second-order valence-corrected chi connectivity index (χ2v) is 27.1. The molecule has 55 heavy (non-hydrogen) atoms. The zero-order valence-corrected chi connectivity index (χ0v) is 35.0. The Hall–Kier alpha value is -3.04. The first kappa shape index (κ1) is 50.0. The van der Waals surface area contributed by atoms with Crippen molar-refractivity contribution in [3.8, 4) is 0 Å². The van der Waals surface area contributed by atoms with Crippen molar-refractivity contribution in [3.63, 3.8) is 0 Å². The molecular weight excluding hydrogens is 897 g/mol. The maximum absolute atomic E-state index is 14.3. The Morgan fingerprint density at radius 3 is 1.45 bits per heavy atom. The van der Waals surface area contributed by atoms with Gasteiger partial charge in [-0.2, -0.15) is 0 Å². The van der Waals surface area contributed by atoms with Crippen molar-refractivity contribution in [2.24, 2.45) is 0 Å². The van der Waals surface area contributed by atoms with Crippen LogP contribution in [0.15, 0.2) is 84.9 Å². The minimum absolute atomic E-state index is 0.160. The van der Waals surface area contributed by atoms with Gasteiger partial charge in [-0.05, 0) is 73.5 Å². The molecule has 2 atom stereocenters. The summed E-state index contributed by atoms with van der Waals surface area (Å²) < 4.78 is 63.1. The van der Waals surface area contributed by atoms with Crippen LogP contribution in [0.3, 0.4) is 0 Å². The molecule has 296 valence electrons. The van der Waals surface area contributed by atoms with Crippen molar-refractivity contribution in [2.45, 2.75) is 31.8 Å². The van der Waals surface area contributed by atoms with Gasteiger partial charge in [0, 0.05) is 16.5 Å². The van der Waals surface area contributed by atoms with E-state index in [0.717, 1.165) is 63.1 Å². The average molecular weight is 927 g/mol. The van der Waals surface area contributed by atoms with E-state index in [1.165, 1.54) is 24.3 Å². The van der Waals surface area contributed by atoms with Crippen molar-refractivity contribution >= 4 is 89.7 Å². The summed E-state index contributed by atoms with van der Waals surface area (Å²) in [6, 6.07) is 18.7. The van der Waals surface area contributed by atoms with E-state index in [9.17, 15) is 46.6 Å². The van der Waals surface area contributed by atoms with Gasteiger partial charge in [0.05, 0.1) is 25.7 Å². The number of benzene rings is 4. The third-order valence-corrected chi connectivity index (χ3v) is 7.30. The number of ketones is 3. The summed E-state index contributed by atoms with van der Waals surface area (Å²) in [6.45, 7) is 2.68. The van der Waals surface area contributed by atoms with Crippen LogP contribution in [0, 0.1) is 23.3 Å². The number of Topliss-reactive ketones (excluding diaryl/α,β-unsaturated/α-hetero) is 3. The van der Waals surface area contributed by atoms with E-state index >= 15 is 0 Å². The van der Waals surface area contributed by atoms with Crippen LogP contribution in [0.5, 0.6) is 0 Å². The number of methoxy groups -OCH3 is 2. The zero-order valence-electron chi connectivity index (χ0n) is 29.0. The van der Waals surface area contributed by atoms with Crippen LogP contribution in [-0.4, -0.2) is 48.6 Å². The molecule has 0 aliphatic rings. The SMILES string of the molecule is CC(=O)Cc1ccc(Cl)cc1.COC(=O)C(=O)c1c(F)cccc1F.COC(=O)C(O)(c1c(F)cccc1F)C(C(C)=O)c1ccc(Cl)cc1.[Cl][Ti]([Cl])([Cl])[Cl]. The van der Waals surface area contributed by atoms with Crippen molar-refractivity contribution < 1.29 is 68.5 Å². The molecule has 1 N–H and O–H groups in total. The van der Waals surface area contributed by atoms with Gasteiger partial charge >= 0.3 is 61.5 Å². The van der Waals surface area contributed by atoms with Gasteiger partial charge in [0.15, 0.2) is 0 Å². The Kier molecular flexibility index (Phi) is 21.1. The monoisotopic (exact) mass is 924 g/mol. The van der Waals surface area contributed by atoms with Crippen molar-refractivity contribution in [1.82, 2.24) is 0 Å². The number of esters is 2. The quantitative estimate of drug-likeness (QED) is 0.0579. The maximum atomic E-state index is 14.3. The molecule has 0 aliphatic carbocycles. The first-order chi connectivity index (χ1) is 25.5. The molecule has 0 radical (unpaired) electrons. The number of halogens is 10. The van der Waals surface area contributed by atoms with Gasteiger partial charge in [-0.3, -0.25) is 14.4 Å². The molecule has 0 aliphatic heterocycles. The summed E-state index contributed by atoms with van der Waals surface area (Å²) in [5.74, 6) is -10.6. The molecule has 0 saturated heterocycles. The number of hydrogen-bond acceptors (Lipinski definition) is 8. The molecule has 4 aromatic rings. The second kappa shape index (κ2) is 23.3. The van der Waals surface area contributed by atoms with Crippen molar-refractivity contribution in [2.75, 3.05) is 14.2 Å². The molecule has 0 saturated carbocycles. The first-order valence-corrected chi connectivity index (χ1v) is 24.4. The number of rotatable bonds is 9. The van der Waals surface area contributed by atoms with Crippen LogP contribution in [0.2, 0.25) is 10.0 Å². The van der Waals surface area contributed by atoms with Crippen molar-refractivity contribution in [3.05, 3.63) is 140 Å².